The second kappa shape index (κ2) is 7.14. The molecule has 0 fully saturated rings. The lowest BCUT2D eigenvalue weighted by Crippen LogP contribution is -2.37. The fourth-order valence-corrected chi connectivity index (χ4v) is 1.76. The molecular weight excluding hydrogens is 264 g/mol. The van der Waals surface area contributed by atoms with E-state index in [1.165, 1.54) is 4.90 Å². The molecule has 5 heteroatoms. The second-order valence-corrected chi connectivity index (χ2v) is 4.85. The van der Waals surface area contributed by atoms with Crippen LogP contribution in [0.3, 0.4) is 0 Å². The van der Waals surface area contributed by atoms with E-state index in [-0.39, 0.29) is 0 Å². The Morgan fingerprint density at radius 3 is 2.68 bits per heavy atom. The van der Waals surface area contributed by atoms with Crippen LogP contribution in [0.5, 0.6) is 0 Å². The molecule has 0 saturated carbocycles. The van der Waals surface area contributed by atoms with E-state index < -0.39 is 11.8 Å². The van der Waals surface area contributed by atoms with E-state index in [1.54, 1.807) is 32.2 Å². The minimum absolute atomic E-state index is 0.534. The summed E-state index contributed by atoms with van der Waals surface area (Å²) in [7, 11) is 1.63. The fraction of sp³-hybridized carbons (Fsp3) is 0.429. The zero-order valence-electron chi connectivity index (χ0n) is 11.5. The maximum Gasteiger partial charge on any atom is 0.313 e. The Morgan fingerprint density at radius 1 is 1.37 bits per heavy atom. The first-order valence-corrected chi connectivity index (χ1v) is 6.66. The normalized spacial score (nSPS) is 10.1. The van der Waals surface area contributed by atoms with Gasteiger partial charge in [0.1, 0.15) is 0 Å². The molecule has 0 heterocycles. The molecule has 0 unspecified atom stereocenters. The summed E-state index contributed by atoms with van der Waals surface area (Å²) >= 11 is 5.96. The number of carbonyl (C=O) groups is 2. The van der Waals surface area contributed by atoms with Crippen molar-refractivity contribution in [1.29, 1.82) is 0 Å². The maximum absolute atomic E-state index is 11.8. The first-order valence-electron chi connectivity index (χ1n) is 6.29. The van der Waals surface area contributed by atoms with Crippen LogP contribution in [0, 0.1) is 6.92 Å². The van der Waals surface area contributed by atoms with E-state index in [0.717, 1.165) is 18.4 Å². The molecule has 0 atom stereocenters. The van der Waals surface area contributed by atoms with Crippen molar-refractivity contribution in [2.24, 2.45) is 0 Å². The zero-order valence-corrected chi connectivity index (χ0v) is 12.3. The largest absolute Gasteiger partial charge is 0.338 e. The van der Waals surface area contributed by atoms with Gasteiger partial charge in [0.25, 0.3) is 0 Å². The second-order valence-electron chi connectivity index (χ2n) is 4.45. The Balaban J connectivity index is 2.69. The molecule has 1 N–H and O–H groups in total. The summed E-state index contributed by atoms with van der Waals surface area (Å²) in [5.41, 5.74) is 1.32. The van der Waals surface area contributed by atoms with E-state index >= 15 is 0 Å². The van der Waals surface area contributed by atoms with Gasteiger partial charge < -0.3 is 10.2 Å². The van der Waals surface area contributed by atoms with Crippen LogP contribution >= 0.6 is 11.6 Å². The molecule has 0 bridgehead atoms. The smallest absolute Gasteiger partial charge is 0.313 e. The molecule has 104 valence electrons. The van der Waals surface area contributed by atoms with Crippen molar-refractivity contribution in [3.8, 4) is 0 Å². The number of benzene rings is 1. The van der Waals surface area contributed by atoms with Crippen LogP contribution in [0.15, 0.2) is 18.2 Å². The van der Waals surface area contributed by atoms with Gasteiger partial charge in [-0.25, -0.2) is 0 Å². The highest BCUT2D eigenvalue weighted by atomic mass is 35.5. The Bertz CT molecular complexity index is 475. The average Bonchev–Trinajstić information content (AvgIpc) is 2.40. The number of unbranched alkanes of at least 4 members (excludes halogenated alkanes) is 1. The van der Waals surface area contributed by atoms with Crippen LogP contribution in [-0.4, -0.2) is 30.3 Å². The highest BCUT2D eigenvalue weighted by Crippen LogP contribution is 2.22. The maximum atomic E-state index is 11.8. The van der Waals surface area contributed by atoms with Gasteiger partial charge in [-0.15, -0.1) is 0 Å². The summed E-state index contributed by atoms with van der Waals surface area (Å²) in [6.07, 6.45) is 1.86. The lowest BCUT2D eigenvalue weighted by atomic mass is 10.2. The highest BCUT2D eigenvalue weighted by molar-refractivity contribution is 6.39. The van der Waals surface area contributed by atoms with E-state index in [0.29, 0.717) is 17.3 Å². The van der Waals surface area contributed by atoms with Crippen LogP contribution < -0.4 is 5.32 Å². The third kappa shape index (κ3) is 4.24. The van der Waals surface area contributed by atoms with Gasteiger partial charge >= 0.3 is 11.8 Å². The van der Waals surface area contributed by atoms with E-state index in [2.05, 4.69) is 5.32 Å². The molecule has 1 aromatic rings. The van der Waals surface area contributed by atoms with Crippen LogP contribution in [0.2, 0.25) is 5.02 Å². The SMILES string of the molecule is CCCCN(C)C(=O)C(=O)Nc1cccc(Cl)c1C. The molecule has 0 aliphatic heterocycles. The number of halogens is 1. The van der Waals surface area contributed by atoms with Crippen molar-refractivity contribution in [2.45, 2.75) is 26.7 Å². The zero-order chi connectivity index (χ0) is 14.4. The van der Waals surface area contributed by atoms with E-state index in [9.17, 15) is 9.59 Å². The summed E-state index contributed by atoms with van der Waals surface area (Å²) in [5.74, 6) is -1.17. The summed E-state index contributed by atoms with van der Waals surface area (Å²) in [4.78, 5) is 25.1. The van der Waals surface area contributed by atoms with Crippen LogP contribution in [0.1, 0.15) is 25.3 Å². The highest BCUT2D eigenvalue weighted by Gasteiger charge is 2.19. The Labute approximate surface area is 118 Å². The van der Waals surface area contributed by atoms with Crippen LogP contribution in [0.4, 0.5) is 5.69 Å². The molecule has 0 aliphatic rings. The lowest BCUT2D eigenvalue weighted by Gasteiger charge is -2.16. The summed E-state index contributed by atoms with van der Waals surface area (Å²) in [6, 6.07) is 5.19. The topological polar surface area (TPSA) is 49.4 Å². The third-order valence-corrected chi connectivity index (χ3v) is 3.31. The lowest BCUT2D eigenvalue weighted by molar-refractivity contribution is -0.142. The molecule has 1 rings (SSSR count). The van der Waals surface area contributed by atoms with Gasteiger partial charge in [-0.1, -0.05) is 31.0 Å². The number of hydrogen-bond donors (Lipinski definition) is 1. The fourth-order valence-electron chi connectivity index (χ4n) is 1.59. The van der Waals surface area contributed by atoms with Crippen molar-refractivity contribution in [2.75, 3.05) is 18.9 Å². The van der Waals surface area contributed by atoms with Gasteiger partial charge in [-0.2, -0.15) is 0 Å². The molecule has 2 amide bonds. The third-order valence-electron chi connectivity index (χ3n) is 2.90. The minimum atomic E-state index is -0.635. The first kappa shape index (κ1) is 15.5. The van der Waals surface area contributed by atoms with Gasteiger partial charge in [-0.3, -0.25) is 9.59 Å². The Morgan fingerprint density at radius 2 is 2.05 bits per heavy atom. The van der Waals surface area contributed by atoms with Crippen molar-refractivity contribution in [3.05, 3.63) is 28.8 Å². The van der Waals surface area contributed by atoms with Crippen molar-refractivity contribution in [1.82, 2.24) is 4.90 Å². The Hall–Kier alpha value is -1.55. The first-order chi connectivity index (χ1) is 8.97. The van der Waals surface area contributed by atoms with Crippen molar-refractivity contribution >= 4 is 29.1 Å². The number of carbonyl (C=O) groups excluding carboxylic acids is 2. The number of rotatable bonds is 4. The van der Waals surface area contributed by atoms with Gasteiger partial charge in [0.2, 0.25) is 0 Å². The van der Waals surface area contributed by atoms with E-state index in [4.69, 9.17) is 11.6 Å². The van der Waals surface area contributed by atoms with Gasteiger partial charge in [0.15, 0.2) is 0 Å². The molecule has 0 aliphatic carbocycles. The number of anilines is 1. The summed E-state index contributed by atoms with van der Waals surface area (Å²) < 4.78 is 0. The number of amides is 2. The number of nitrogens with one attached hydrogen (secondary N) is 1. The summed E-state index contributed by atoms with van der Waals surface area (Å²) in [5, 5.41) is 3.15. The summed E-state index contributed by atoms with van der Waals surface area (Å²) in [6.45, 7) is 4.41. The van der Waals surface area contributed by atoms with Crippen molar-refractivity contribution < 1.29 is 9.59 Å². The van der Waals surface area contributed by atoms with Gasteiger partial charge in [0, 0.05) is 24.3 Å². The van der Waals surface area contributed by atoms with Gasteiger partial charge in [0.05, 0.1) is 0 Å². The number of hydrogen-bond acceptors (Lipinski definition) is 2. The molecular formula is C14H19ClN2O2. The molecule has 0 saturated heterocycles. The molecule has 1 aromatic carbocycles. The molecule has 0 spiro atoms. The number of likely N-dealkylation sites (N-methyl/N-ethyl adjacent to an activating group) is 1. The van der Waals surface area contributed by atoms with E-state index in [1.807, 2.05) is 6.92 Å². The molecule has 19 heavy (non-hydrogen) atoms. The van der Waals surface area contributed by atoms with Crippen molar-refractivity contribution in [3.63, 3.8) is 0 Å². The number of nitrogens with zero attached hydrogens (tertiary/aromatic N) is 1. The van der Waals surface area contributed by atoms with Crippen LogP contribution in [-0.2, 0) is 9.59 Å². The molecule has 4 nitrogen and oxygen atoms in total. The predicted molar refractivity (Wildman–Crippen MR) is 77.4 cm³/mol. The van der Waals surface area contributed by atoms with Crippen LogP contribution in [0.25, 0.3) is 0 Å². The average molecular weight is 283 g/mol. The minimum Gasteiger partial charge on any atom is -0.338 e. The Kier molecular flexibility index (Phi) is 5.83. The van der Waals surface area contributed by atoms with Gasteiger partial charge in [-0.05, 0) is 31.0 Å². The predicted octanol–water partition coefficient (Wildman–Crippen LogP) is 2.85. The standard InChI is InChI=1S/C14H19ClN2O2/c1-4-5-9-17(3)14(19)13(18)16-12-8-6-7-11(15)10(12)2/h6-8H,4-5,9H2,1-3H3,(H,16,18). The monoisotopic (exact) mass is 282 g/mol. The molecule has 0 aromatic heterocycles. The molecule has 0 radical (unpaired) electrons. The quantitative estimate of drug-likeness (QED) is 0.863.